The lowest BCUT2D eigenvalue weighted by Crippen LogP contribution is -2.56. The van der Waals surface area contributed by atoms with Gasteiger partial charge >= 0.3 is 6.18 Å². The van der Waals surface area contributed by atoms with Gasteiger partial charge in [-0.2, -0.15) is 18.3 Å². The van der Waals surface area contributed by atoms with Crippen LogP contribution < -0.4 is 4.90 Å². The molecule has 4 heterocycles. The number of alkyl halides is 3. The number of anilines is 2. The van der Waals surface area contributed by atoms with Crippen molar-refractivity contribution in [2.24, 2.45) is 18.9 Å². The number of imidazole rings is 1. The van der Waals surface area contributed by atoms with Gasteiger partial charge < -0.3 is 9.47 Å². The maximum Gasteiger partial charge on any atom is 0.417 e. The predicted molar refractivity (Wildman–Crippen MR) is 161 cm³/mol. The molecule has 2 aromatic heterocycles. The molecule has 0 radical (unpaired) electrons. The molecule has 12 heteroatoms. The van der Waals surface area contributed by atoms with Crippen molar-refractivity contribution in [2.45, 2.75) is 50.9 Å². The van der Waals surface area contributed by atoms with Crippen LogP contribution in [0.2, 0.25) is 0 Å². The number of hydrogen-bond acceptors (Lipinski definition) is 4. The van der Waals surface area contributed by atoms with Crippen LogP contribution in [0.25, 0.3) is 11.4 Å². The fourth-order valence-electron chi connectivity index (χ4n) is 6.58. The van der Waals surface area contributed by atoms with E-state index in [0.717, 1.165) is 48.0 Å². The SMILES string of the molecule is C[C@@H]1CC2C(=O)N(c3ccc(-c4nccn4C)cc3)c3c(CC4CC4)cnn3C2CN1C(=O)c1ccc(Br)c(C(F)(F)F)c1. The zero-order chi connectivity index (χ0) is 30.9. The Hall–Kier alpha value is -3.93. The van der Waals surface area contributed by atoms with Crippen LogP contribution in [-0.2, 0) is 24.4 Å². The highest BCUT2D eigenvalue weighted by atomic mass is 79.9. The first-order chi connectivity index (χ1) is 21.0. The summed E-state index contributed by atoms with van der Waals surface area (Å²) in [4.78, 5) is 35.8. The topological polar surface area (TPSA) is 76.3 Å². The number of rotatable bonds is 5. The second-order valence-corrected chi connectivity index (χ2v) is 12.9. The molecule has 0 spiro atoms. The Morgan fingerprint density at radius 1 is 1.11 bits per heavy atom. The number of likely N-dealkylation sites (tertiary alicyclic amines) is 1. The molecule has 1 saturated heterocycles. The van der Waals surface area contributed by atoms with Crippen molar-refractivity contribution in [1.82, 2.24) is 24.2 Å². The molecule has 44 heavy (non-hydrogen) atoms. The van der Waals surface area contributed by atoms with Gasteiger partial charge in [-0.3, -0.25) is 14.5 Å². The first-order valence-corrected chi connectivity index (χ1v) is 15.5. The molecule has 1 saturated carbocycles. The maximum atomic E-state index is 14.4. The Morgan fingerprint density at radius 2 is 1.86 bits per heavy atom. The quantitative estimate of drug-likeness (QED) is 0.235. The average molecular weight is 668 g/mol. The fourth-order valence-corrected chi connectivity index (χ4v) is 7.05. The molecule has 0 N–H and O–H groups in total. The van der Waals surface area contributed by atoms with Gasteiger partial charge in [-0.05, 0) is 81.0 Å². The summed E-state index contributed by atoms with van der Waals surface area (Å²) in [5.74, 6) is 1.05. The number of nitrogens with zero attached hydrogens (tertiary/aromatic N) is 6. The zero-order valence-electron chi connectivity index (χ0n) is 24.1. The largest absolute Gasteiger partial charge is 0.417 e. The fraction of sp³-hybridized carbons (Fsp3) is 0.375. The highest BCUT2D eigenvalue weighted by molar-refractivity contribution is 9.10. The van der Waals surface area contributed by atoms with Gasteiger partial charge in [0.1, 0.15) is 11.6 Å². The van der Waals surface area contributed by atoms with Crippen LogP contribution in [0, 0.1) is 11.8 Å². The molecule has 2 unspecified atom stereocenters. The van der Waals surface area contributed by atoms with Crippen molar-refractivity contribution in [3.05, 3.63) is 82.2 Å². The van der Waals surface area contributed by atoms with Crippen LogP contribution in [0.1, 0.15) is 53.7 Å². The van der Waals surface area contributed by atoms with Gasteiger partial charge in [-0.15, -0.1) is 0 Å². The van der Waals surface area contributed by atoms with E-state index in [4.69, 9.17) is 5.10 Å². The first-order valence-electron chi connectivity index (χ1n) is 14.7. The number of benzene rings is 2. The zero-order valence-corrected chi connectivity index (χ0v) is 25.7. The molecule has 7 rings (SSSR count). The minimum Gasteiger partial charge on any atom is -0.334 e. The molecule has 2 aromatic carbocycles. The number of fused-ring (bicyclic) bond motifs is 3. The number of carbonyl (C=O) groups excluding carboxylic acids is 2. The molecule has 228 valence electrons. The highest BCUT2D eigenvalue weighted by Gasteiger charge is 2.49. The van der Waals surface area contributed by atoms with Gasteiger partial charge in [-0.25, -0.2) is 9.67 Å². The molecule has 3 aliphatic rings. The third-order valence-electron chi connectivity index (χ3n) is 9.07. The van der Waals surface area contributed by atoms with Crippen molar-refractivity contribution < 1.29 is 22.8 Å². The third kappa shape index (κ3) is 4.92. The van der Waals surface area contributed by atoms with Crippen molar-refractivity contribution in [1.29, 1.82) is 0 Å². The molecule has 1 aliphatic carbocycles. The second kappa shape index (κ2) is 10.6. The van der Waals surface area contributed by atoms with E-state index in [1.165, 1.54) is 12.1 Å². The van der Waals surface area contributed by atoms with Crippen LogP contribution in [0.3, 0.4) is 0 Å². The van der Waals surface area contributed by atoms with E-state index < -0.39 is 29.6 Å². The number of carbonyl (C=O) groups is 2. The summed E-state index contributed by atoms with van der Waals surface area (Å²) in [6.45, 7) is 2.01. The van der Waals surface area contributed by atoms with Crippen LogP contribution in [0.5, 0.6) is 0 Å². The number of hydrogen-bond donors (Lipinski definition) is 0. The van der Waals surface area contributed by atoms with E-state index in [2.05, 4.69) is 20.9 Å². The summed E-state index contributed by atoms with van der Waals surface area (Å²) in [6.07, 6.45) is 4.27. The van der Waals surface area contributed by atoms with E-state index in [1.807, 2.05) is 59.9 Å². The third-order valence-corrected chi connectivity index (χ3v) is 9.76. The van der Waals surface area contributed by atoms with E-state index in [9.17, 15) is 22.8 Å². The molecule has 3 atom stereocenters. The van der Waals surface area contributed by atoms with Crippen molar-refractivity contribution in [3.8, 4) is 11.4 Å². The van der Waals surface area contributed by atoms with Gasteiger partial charge in [0.05, 0.1) is 29.4 Å². The molecule has 2 aliphatic heterocycles. The summed E-state index contributed by atoms with van der Waals surface area (Å²) in [5.41, 5.74) is 1.69. The number of aromatic nitrogens is 4. The molecule has 4 aromatic rings. The van der Waals surface area contributed by atoms with Gasteiger partial charge in [0.15, 0.2) is 0 Å². The van der Waals surface area contributed by atoms with Gasteiger partial charge in [-0.1, -0.05) is 15.9 Å². The Bertz CT molecular complexity index is 1760. The summed E-state index contributed by atoms with van der Waals surface area (Å²) >= 11 is 2.96. The van der Waals surface area contributed by atoms with Gasteiger partial charge in [0, 0.05) is 53.2 Å². The summed E-state index contributed by atoms with van der Waals surface area (Å²) in [5, 5.41) is 4.77. The van der Waals surface area contributed by atoms with Crippen molar-refractivity contribution in [3.63, 3.8) is 0 Å². The molecule has 8 nitrogen and oxygen atoms in total. The monoisotopic (exact) mass is 666 g/mol. The minimum absolute atomic E-state index is 0.0440. The van der Waals surface area contributed by atoms with Gasteiger partial charge in [0.2, 0.25) is 5.91 Å². The maximum absolute atomic E-state index is 14.4. The normalized spacial score (nSPS) is 21.8. The predicted octanol–water partition coefficient (Wildman–Crippen LogP) is 6.79. The van der Waals surface area contributed by atoms with E-state index in [1.54, 1.807) is 16.0 Å². The molecule has 2 fully saturated rings. The highest BCUT2D eigenvalue weighted by Crippen LogP contribution is 2.46. The van der Waals surface area contributed by atoms with Crippen LogP contribution in [0.15, 0.2) is 65.5 Å². The van der Waals surface area contributed by atoms with Crippen LogP contribution in [-0.4, -0.2) is 48.6 Å². The first kappa shape index (κ1) is 28.8. The molecular weight excluding hydrogens is 637 g/mol. The number of aryl methyl sites for hydroxylation is 1. The number of amides is 2. The van der Waals surface area contributed by atoms with E-state index in [-0.39, 0.29) is 28.5 Å². The lowest BCUT2D eigenvalue weighted by Gasteiger charge is -2.47. The van der Waals surface area contributed by atoms with Gasteiger partial charge in [0.25, 0.3) is 5.91 Å². The summed E-state index contributed by atoms with van der Waals surface area (Å²) in [7, 11) is 1.93. The van der Waals surface area contributed by atoms with E-state index >= 15 is 0 Å². The standard InChI is InChI=1S/C32H30BrF3N6O2/c1-18-13-24-27(17-40(18)30(43)21-7-10-26(33)25(15-21)32(34,35)36)42-29(22(16-38-42)14-19-3-4-19)41(31(24)44)23-8-5-20(6-9-23)28-37-11-12-39(28)2/h5-12,15-16,18-19,24,27H,3-4,13-14,17H2,1-2H3/t18-,24?,27?/m1/s1. The lowest BCUT2D eigenvalue weighted by atomic mass is 9.84. The van der Waals surface area contributed by atoms with Crippen LogP contribution >= 0.6 is 15.9 Å². The number of piperidine rings is 1. The number of halogens is 4. The Balaban J connectivity index is 1.24. The smallest absolute Gasteiger partial charge is 0.334 e. The lowest BCUT2D eigenvalue weighted by molar-refractivity contribution is -0.138. The Morgan fingerprint density at radius 3 is 2.52 bits per heavy atom. The minimum atomic E-state index is -4.61. The summed E-state index contributed by atoms with van der Waals surface area (Å²) in [6, 6.07) is 10.5. The summed E-state index contributed by atoms with van der Waals surface area (Å²) < 4.78 is 44.5. The van der Waals surface area contributed by atoms with Crippen molar-refractivity contribution in [2.75, 3.05) is 11.4 Å². The molecular formula is C32H30BrF3N6O2. The Kier molecular flexibility index (Phi) is 6.95. The molecule has 0 bridgehead atoms. The average Bonchev–Trinajstić information content (AvgIpc) is 3.56. The molecule has 2 amide bonds. The van der Waals surface area contributed by atoms with Crippen molar-refractivity contribution >= 4 is 39.2 Å². The van der Waals surface area contributed by atoms with Crippen LogP contribution in [0.4, 0.5) is 24.7 Å². The van der Waals surface area contributed by atoms with E-state index in [0.29, 0.717) is 18.2 Å². The second-order valence-electron chi connectivity index (χ2n) is 12.1. The Labute approximate surface area is 260 Å².